The average Bonchev–Trinajstić information content (AvgIpc) is 2.65. The summed E-state index contributed by atoms with van der Waals surface area (Å²) >= 11 is 5.81. The van der Waals surface area contributed by atoms with Crippen molar-refractivity contribution in [3.63, 3.8) is 0 Å². The van der Waals surface area contributed by atoms with Gasteiger partial charge in [0.25, 0.3) is 0 Å². The van der Waals surface area contributed by atoms with Crippen molar-refractivity contribution in [3.8, 4) is 0 Å². The molecule has 0 atom stereocenters. The van der Waals surface area contributed by atoms with Crippen LogP contribution in [0, 0.1) is 5.41 Å². The van der Waals surface area contributed by atoms with Crippen LogP contribution in [0.25, 0.3) is 0 Å². The molecule has 14 heavy (non-hydrogen) atoms. The van der Waals surface area contributed by atoms with Gasteiger partial charge in [0.2, 0.25) is 0 Å². The van der Waals surface area contributed by atoms with Crippen molar-refractivity contribution in [2.24, 2.45) is 5.41 Å². The average molecular weight is 216 g/mol. The Bertz CT molecular complexity index is 244. The monoisotopic (exact) mass is 215 g/mol. The van der Waals surface area contributed by atoms with Gasteiger partial charge in [-0.25, -0.2) is 0 Å². The van der Waals surface area contributed by atoms with Gasteiger partial charge in [-0.05, 0) is 11.5 Å². The van der Waals surface area contributed by atoms with Crippen molar-refractivity contribution in [2.75, 3.05) is 19.0 Å². The van der Waals surface area contributed by atoms with E-state index >= 15 is 0 Å². The highest BCUT2D eigenvalue weighted by molar-refractivity contribution is 6.18. The summed E-state index contributed by atoms with van der Waals surface area (Å²) in [5, 5.41) is 7.49. The van der Waals surface area contributed by atoms with E-state index in [-0.39, 0.29) is 5.41 Å². The smallest absolute Gasteiger partial charge is 0.0533 e. The van der Waals surface area contributed by atoms with Crippen molar-refractivity contribution in [2.45, 2.75) is 20.4 Å². The summed E-state index contributed by atoms with van der Waals surface area (Å²) in [6.07, 6.45) is 3.76. The van der Waals surface area contributed by atoms with E-state index in [2.05, 4.69) is 24.3 Å². The molecule has 0 aliphatic rings. The van der Waals surface area contributed by atoms with E-state index in [1.54, 1.807) is 6.20 Å². The minimum absolute atomic E-state index is 0.172. The van der Waals surface area contributed by atoms with Gasteiger partial charge >= 0.3 is 0 Å². The molecule has 0 fully saturated rings. The Hall–Kier alpha value is -0.540. The molecule has 1 aromatic heterocycles. The highest BCUT2D eigenvalue weighted by Gasteiger charge is 2.14. The number of alkyl halides is 1. The van der Waals surface area contributed by atoms with Crippen molar-refractivity contribution in [3.05, 3.63) is 18.5 Å². The first-order chi connectivity index (χ1) is 6.64. The van der Waals surface area contributed by atoms with Gasteiger partial charge in [0.15, 0.2) is 0 Å². The predicted octanol–water partition coefficient (Wildman–Crippen LogP) is 1.74. The second-order valence-corrected chi connectivity index (χ2v) is 4.51. The molecule has 0 saturated carbocycles. The van der Waals surface area contributed by atoms with Gasteiger partial charge in [0.1, 0.15) is 0 Å². The topological polar surface area (TPSA) is 29.9 Å². The van der Waals surface area contributed by atoms with Gasteiger partial charge in [-0.2, -0.15) is 5.10 Å². The first kappa shape index (κ1) is 11.5. The summed E-state index contributed by atoms with van der Waals surface area (Å²) < 4.78 is 1.92. The summed E-state index contributed by atoms with van der Waals surface area (Å²) in [4.78, 5) is 0. The number of aromatic nitrogens is 2. The van der Waals surface area contributed by atoms with E-state index in [9.17, 15) is 0 Å². The minimum atomic E-state index is 0.172. The van der Waals surface area contributed by atoms with Gasteiger partial charge in [0.05, 0.1) is 6.54 Å². The molecule has 0 spiro atoms. The van der Waals surface area contributed by atoms with Crippen molar-refractivity contribution in [1.82, 2.24) is 15.1 Å². The van der Waals surface area contributed by atoms with E-state index in [0.29, 0.717) is 5.88 Å². The SMILES string of the molecule is CC(C)(CCl)CNCCn1cccn1. The number of hydrogen-bond acceptors (Lipinski definition) is 2. The number of nitrogens with zero attached hydrogens (tertiary/aromatic N) is 2. The molecule has 1 rings (SSSR count). The van der Waals surface area contributed by atoms with E-state index < -0.39 is 0 Å². The largest absolute Gasteiger partial charge is 0.314 e. The minimum Gasteiger partial charge on any atom is -0.314 e. The molecular weight excluding hydrogens is 198 g/mol. The lowest BCUT2D eigenvalue weighted by Gasteiger charge is -2.21. The van der Waals surface area contributed by atoms with Crippen molar-refractivity contribution in [1.29, 1.82) is 0 Å². The standard InChI is InChI=1S/C10H18ClN3/c1-10(2,8-11)9-12-5-7-14-6-3-4-13-14/h3-4,6,12H,5,7-9H2,1-2H3. The predicted molar refractivity (Wildman–Crippen MR) is 59.6 cm³/mol. The van der Waals surface area contributed by atoms with Gasteiger partial charge in [0, 0.05) is 31.4 Å². The molecule has 80 valence electrons. The number of halogens is 1. The van der Waals surface area contributed by atoms with E-state index in [1.165, 1.54) is 0 Å². The molecule has 0 aromatic carbocycles. The summed E-state index contributed by atoms with van der Waals surface area (Å²) in [6, 6.07) is 1.93. The third-order valence-corrected chi connectivity index (χ3v) is 2.77. The van der Waals surface area contributed by atoms with Crippen LogP contribution in [0.15, 0.2) is 18.5 Å². The summed E-state index contributed by atoms with van der Waals surface area (Å²) in [5.74, 6) is 0.682. The first-order valence-electron chi connectivity index (χ1n) is 4.88. The molecule has 1 N–H and O–H groups in total. The Balaban J connectivity index is 2.11. The van der Waals surface area contributed by atoms with Gasteiger partial charge < -0.3 is 5.32 Å². The van der Waals surface area contributed by atoms with E-state index in [1.807, 2.05) is 16.9 Å². The van der Waals surface area contributed by atoms with Crippen LogP contribution in [-0.4, -0.2) is 28.8 Å². The highest BCUT2D eigenvalue weighted by Crippen LogP contribution is 2.14. The molecule has 0 saturated heterocycles. The second kappa shape index (κ2) is 5.37. The molecule has 1 heterocycles. The third kappa shape index (κ3) is 4.11. The van der Waals surface area contributed by atoms with Crippen LogP contribution in [0.4, 0.5) is 0 Å². The summed E-state index contributed by atoms with van der Waals surface area (Å²) in [6.45, 7) is 7.09. The number of rotatable bonds is 6. The van der Waals surface area contributed by atoms with E-state index in [0.717, 1.165) is 19.6 Å². The number of hydrogen-bond donors (Lipinski definition) is 1. The highest BCUT2D eigenvalue weighted by atomic mass is 35.5. The second-order valence-electron chi connectivity index (χ2n) is 4.24. The van der Waals surface area contributed by atoms with Gasteiger partial charge in [-0.3, -0.25) is 4.68 Å². The molecule has 0 bridgehead atoms. The van der Waals surface area contributed by atoms with E-state index in [4.69, 9.17) is 11.6 Å². The molecule has 3 nitrogen and oxygen atoms in total. The fourth-order valence-electron chi connectivity index (χ4n) is 1.10. The summed E-state index contributed by atoms with van der Waals surface area (Å²) in [7, 11) is 0. The third-order valence-electron chi connectivity index (χ3n) is 2.04. The Morgan fingerprint density at radius 1 is 1.50 bits per heavy atom. The van der Waals surface area contributed by atoms with Crippen LogP contribution in [-0.2, 0) is 6.54 Å². The molecule has 0 aliphatic carbocycles. The number of nitrogens with one attached hydrogen (secondary N) is 1. The quantitative estimate of drug-likeness (QED) is 0.579. The zero-order valence-electron chi connectivity index (χ0n) is 8.83. The fraction of sp³-hybridized carbons (Fsp3) is 0.700. The first-order valence-corrected chi connectivity index (χ1v) is 5.42. The van der Waals surface area contributed by atoms with Gasteiger partial charge in [-0.1, -0.05) is 13.8 Å². The lowest BCUT2D eigenvalue weighted by molar-refractivity contribution is 0.378. The van der Waals surface area contributed by atoms with Crippen LogP contribution in [0.1, 0.15) is 13.8 Å². The zero-order valence-corrected chi connectivity index (χ0v) is 9.59. The molecule has 0 aliphatic heterocycles. The Kier molecular flexibility index (Phi) is 4.42. The summed E-state index contributed by atoms with van der Waals surface area (Å²) in [5.41, 5.74) is 0.172. The Morgan fingerprint density at radius 3 is 2.86 bits per heavy atom. The molecule has 1 aromatic rings. The zero-order chi connectivity index (χ0) is 10.4. The Morgan fingerprint density at radius 2 is 2.29 bits per heavy atom. The van der Waals surface area contributed by atoms with Crippen LogP contribution in [0.2, 0.25) is 0 Å². The Labute approximate surface area is 90.4 Å². The normalized spacial score (nSPS) is 11.9. The maximum Gasteiger partial charge on any atom is 0.0533 e. The lowest BCUT2D eigenvalue weighted by atomic mass is 9.97. The molecular formula is C10H18ClN3. The maximum absolute atomic E-state index is 5.81. The fourth-order valence-corrected chi connectivity index (χ4v) is 1.19. The molecule has 0 radical (unpaired) electrons. The maximum atomic E-state index is 5.81. The van der Waals surface area contributed by atoms with Gasteiger partial charge in [-0.15, -0.1) is 11.6 Å². The lowest BCUT2D eigenvalue weighted by Crippen LogP contribution is -2.32. The molecule has 0 unspecified atom stereocenters. The molecule has 0 amide bonds. The van der Waals surface area contributed by atoms with Crippen LogP contribution in [0.5, 0.6) is 0 Å². The van der Waals surface area contributed by atoms with Crippen molar-refractivity contribution < 1.29 is 0 Å². The van der Waals surface area contributed by atoms with Crippen LogP contribution < -0.4 is 5.32 Å². The van der Waals surface area contributed by atoms with Crippen LogP contribution in [0.3, 0.4) is 0 Å². The van der Waals surface area contributed by atoms with Crippen molar-refractivity contribution >= 4 is 11.6 Å². The molecule has 4 heteroatoms. The van der Waals surface area contributed by atoms with Crippen LogP contribution >= 0.6 is 11.6 Å².